The summed E-state index contributed by atoms with van der Waals surface area (Å²) in [6.07, 6.45) is 0.749. The largest absolute Gasteiger partial charge is 0.474 e. The Bertz CT molecular complexity index is 123. The molecular formula is C7H15NO3. The third kappa shape index (κ3) is 8.94. The first-order chi connectivity index (χ1) is 5.18. The van der Waals surface area contributed by atoms with E-state index in [1.807, 2.05) is 20.8 Å². The van der Waals surface area contributed by atoms with Crippen LogP contribution in [0.4, 0.5) is 0 Å². The van der Waals surface area contributed by atoms with Crippen LogP contribution in [0.3, 0.4) is 0 Å². The van der Waals surface area contributed by atoms with Crippen molar-refractivity contribution in [2.24, 2.45) is 0 Å². The molecule has 0 aromatic heterocycles. The fourth-order valence-corrected chi connectivity index (χ4v) is 0.314. The molecule has 1 amide bonds. The van der Waals surface area contributed by atoms with E-state index in [1.165, 1.54) is 0 Å². The smallest absolute Gasteiger partial charge is 0.394 e. The van der Waals surface area contributed by atoms with Crippen LogP contribution in [0.15, 0.2) is 0 Å². The minimum absolute atomic E-state index is 0.422. The highest BCUT2D eigenvalue weighted by atomic mass is 16.4. The third-order valence-electron chi connectivity index (χ3n) is 0.730. The van der Waals surface area contributed by atoms with Gasteiger partial charge in [-0.15, -0.1) is 0 Å². The van der Waals surface area contributed by atoms with Gasteiger partial charge in [0.25, 0.3) is 0 Å². The first-order valence-corrected chi connectivity index (χ1v) is 3.69. The summed E-state index contributed by atoms with van der Waals surface area (Å²) in [5.41, 5.74) is 0. The number of amides is 1. The Morgan fingerprint density at radius 2 is 1.82 bits per heavy atom. The summed E-state index contributed by atoms with van der Waals surface area (Å²) in [6.45, 7) is 6.27. The Morgan fingerprint density at radius 3 is 2.09 bits per heavy atom. The SMILES string of the molecule is CC.CCCNC(=O)C(=O)O. The standard InChI is InChI=1S/C5H9NO3.C2H6/c1-2-3-6-4(7)5(8)9;1-2/h2-3H2,1H3,(H,6,7)(H,8,9);1-2H3. The van der Waals surface area contributed by atoms with Gasteiger partial charge in [0.05, 0.1) is 0 Å². The second kappa shape index (κ2) is 8.94. The Kier molecular flexibility index (Phi) is 10.2. The third-order valence-corrected chi connectivity index (χ3v) is 0.730. The number of carbonyl (C=O) groups is 2. The summed E-state index contributed by atoms with van der Waals surface area (Å²) in [6, 6.07) is 0. The summed E-state index contributed by atoms with van der Waals surface area (Å²) in [5, 5.41) is 10.2. The van der Waals surface area contributed by atoms with Gasteiger partial charge in [-0.3, -0.25) is 4.79 Å². The van der Waals surface area contributed by atoms with Gasteiger partial charge in [-0.1, -0.05) is 20.8 Å². The molecule has 0 fully saturated rings. The zero-order valence-electron chi connectivity index (χ0n) is 7.18. The molecule has 0 atom stereocenters. The van der Waals surface area contributed by atoms with Crippen LogP contribution >= 0.6 is 0 Å². The predicted octanol–water partition coefficient (Wildman–Crippen LogP) is 0.623. The highest BCUT2D eigenvalue weighted by Crippen LogP contribution is 1.70. The van der Waals surface area contributed by atoms with Crippen molar-refractivity contribution in [1.82, 2.24) is 5.32 Å². The molecule has 11 heavy (non-hydrogen) atoms. The van der Waals surface area contributed by atoms with Crippen molar-refractivity contribution in [3.05, 3.63) is 0 Å². The lowest BCUT2D eigenvalue weighted by Gasteiger charge is -1.95. The zero-order valence-corrected chi connectivity index (χ0v) is 7.18. The Morgan fingerprint density at radius 1 is 1.36 bits per heavy atom. The molecule has 2 N–H and O–H groups in total. The first kappa shape index (κ1) is 12.6. The first-order valence-electron chi connectivity index (χ1n) is 3.69. The molecule has 0 aliphatic carbocycles. The van der Waals surface area contributed by atoms with Crippen molar-refractivity contribution in [3.8, 4) is 0 Å². The van der Waals surface area contributed by atoms with Crippen LogP contribution in [0, 0.1) is 0 Å². The van der Waals surface area contributed by atoms with Crippen LogP contribution in [0.2, 0.25) is 0 Å². The van der Waals surface area contributed by atoms with Crippen molar-refractivity contribution in [3.63, 3.8) is 0 Å². The van der Waals surface area contributed by atoms with E-state index in [4.69, 9.17) is 5.11 Å². The predicted molar refractivity (Wildman–Crippen MR) is 42.3 cm³/mol. The molecule has 0 radical (unpaired) electrons. The van der Waals surface area contributed by atoms with E-state index in [2.05, 4.69) is 5.32 Å². The molecule has 0 aromatic rings. The normalized spacial score (nSPS) is 7.55. The van der Waals surface area contributed by atoms with Gasteiger partial charge in [-0.25, -0.2) is 4.79 Å². The van der Waals surface area contributed by atoms with Crippen LogP contribution in [-0.2, 0) is 9.59 Å². The highest BCUT2D eigenvalue weighted by Gasteiger charge is 2.07. The number of aliphatic carboxylic acids is 1. The van der Waals surface area contributed by atoms with Gasteiger partial charge in [0.1, 0.15) is 0 Å². The fourth-order valence-electron chi connectivity index (χ4n) is 0.314. The quantitative estimate of drug-likeness (QED) is 0.583. The maximum Gasteiger partial charge on any atom is 0.394 e. The van der Waals surface area contributed by atoms with Gasteiger partial charge in [0.2, 0.25) is 0 Å². The monoisotopic (exact) mass is 161 g/mol. The lowest BCUT2D eigenvalue weighted by molar-refractivity contribution is -0.150. The molecule has 0 saturated carbocycles. The number of carboxylic acids is 1. The maximum absolute atomic E-state index is 10.2. The molecule has 0 aliphatic rings. The molecule has 4 nitrogen and oxygen atoms in total. The van der Waals surface area contributed by atoms with E-state index in [-0.39, 0.29) is 0 Å². The Hall–Kier alpha value is -1.06. The molecule has 0 saturated heterocycles. The van der Waals surface area contributed by atoms with E-state index >= 15 is 0 Å². The number of carbonyl (C=O) groups excluding carboxylic acids is 1. The van der Waals surface area contributed by atoms with Gasteiger partial charge in [0.15, 0.2) is 0 Å². The van der Waals surface area contributed by atoms with Crippen molar-refractivity contribution in [2.45, 2.75) is 27.2 Å². The number of hydrogen-bond acceptors (Lipinski definition) is 2. The molecule has 0 aliphatic heterocycles. The van der Waals surface area contributed by atoms with Crippen molar-refractivity contribution < 1.29 is 14.7 Å². The van der Waals surface area contributed by atoms with E-state index in [1.54, 1.807) is 0 Å². The van der Waals surface area contributed by atoms with Crippen molar-refractivity contribution in [1.29, 1.82) is 0 Å². The van der Waals surface area contributed by atoms with Crippen LogP contribution in [0.5, 0.6) is 0 Å². The highest BCUT2D eigenvalue weighted by molar-refractivity contribution is 6.31. The van der Waals surface area contributed by atoms with Gasteiger partial charge >= 0.3 is 11.9 Å². The maximum atomic E-state index is 10.2. The van der Waals surface area contributed by atoms with Gasteiger partial charge in [-0.05, 0) is 6.42 Å². The molecule has 0 aromatic carbocycles. The summed E-state index contributed by atoms with van der Waals surface area (Å²) < 4.78 is 0. The number of hydrogen-bond donors (Lipinski definition) is 2. The van der Waals surface area contributed by atoms with Crippen molar-refractivity contribution in [2.75, 3.05) is 6.54 Å². The zero-order chi connectivity index (χ0) is 9.28. The molecule has 0 heterocycles. The van der Waals surface area contributed by atoms with Crippen molar-refractivity contribution >= 4 is 11.9 Å². The summed E-state index contributed by atoms with van der Waals surface area (Å²) in [7, 11) is 0. The number of nitrogens with one attached hydrogen (secondary N) is 1. The average molecular weight is 161 g/mol. The summed E-state index contributed by atoms with van der Waals surface area (Å²) >= 11 is 0. The Labute approximate surface area is 66.6 Å². The van der Waals surface area contributed by atoms with Gasteiger partial charge in [0, 0.05) is 6.54 Å². The van der Waals surface area contributed by atoms with E-state index in [0.717, 1.165) is 6.42 Å². The molecule has 66 valence electrons. The lowest BCUT2D eigenvalue weighted by atomic mass is 10.5. The number of carboxylic acid groups (broad SMARTS) is 1. The molecule has 0 bridgehead atoms. The Balaban J connectivity index is 0. The molecule has 4 heteroatoms. The van der Waals surface area contributed by atoms with Gasteiger partial charge < -0.3 is 10.4 Å². The molecule has 0 unspecified atom stereocenters. The molecule has 0 spiro atoms. The lowest BCUT2D eigenvalue weighted by Crippen LogP contribution is -2.30. The molecular weight excluding hydrogens is 146 g/mol. The second-order valence-electron chi connectivity index (χ2n) is 1.56. The minimum Gasteiger partial charge on any atom is -0.474 e. The van der Waals surface area contributed by atoms with Crippen LogP contribution < -0.4 is 5.32 Å². The van der Waals surface area contributed by atoms with Crippen LogP contribution in [0.25, 0.3) is 0 Å². The summed E-state index contributed by atoms with van der Waals surface area (Å²) in [5.74, 6) is -2.36. The topological polar surface area (TPSA) is 66.4 Å². The van der Waals surface area contributed by atoms with Gasteiger partial charge in [-0.2, -0.15) is 0 Å². The van der Waals surface area contributed by atoms with E-state index in [0.29, 0.717) is 6.54 Å². The number of rotatable bonds is 2. The minimum atomic E-state index is -1.43. The van der Waals surface area contributed by atoms with E-state index in [9.17, 15) is 9.59 Å². The second-order valence-corrected chi connectivity index (χ2v) is 1.56. The van der Waals surface area contributed by atoms with E-state index < -0.39 is 11.9 Å². The summed E-state index contributed by atoms with van der Waals surface area (Å²) in [4.78, 5) is 20.0. The molecule has 0 rings (SSSR count). The van der Waals surface area contributed by atoms with Crippen LogP contribution in [0.1, 0.15) is 27.2 Å². The average Bonchev–Trinajstić information content (AvgIpc) is 2.03. The fraction of sp³-hybridized carbons (Fsp3) is 0.714. The van der Waals surface area contributed by atoms with Crippen LogP contribution in [-0.4, -0.2) is 23.5 Å².